The third kappa shape index (κ3) is 4.18. The van der Waals surface area contributed by atoms with Gasteiger partial charge in [0.05, 0.1) is 6.04 Å². The van der Waals surface area contributed by atoms with E-state index in [1.807, 2.05) is 0 Å². The first-order valence-electron chi connectivity index (χ1n) is 10.1. The molecule has 0 saturated heterocycles. The van der Waals surface area contributed by atoms with Gasteiger partial charge < -0.3 is 10.1 Å². The quantitative estimate of drug-likeness (QED) is 0.393. The van der Waals surface area contributed by atoms with Crippen LogP contribution in [0.15, 0.2) is 48.7 Å². The summed E-state index contributed by atoms with van der Waals surface area (Å²) in [6.45, 7) is 5.38. The number of nitrogens with zero attached hydrogens (tertiary/aromatic N) is 3. The van der Waals surface area contributed by atoms with E-state index in [4.69, 9.17) is 0 Å². The van der Waals surface area contributed by atoms with Crippen molar-refractivity contribution in [1.29, 1.82) is 0 Å². The van der Waals surface area contributed by atoms with Crippen LogP contribution in [0.2, 0.25) is 0 Å². The van der Waals surface area contributed by atoms with Crippen molar-refractivity contribution in [3.8, 4) is 11.4 Å². The van der Waals surface area contributed by atoms with Crippen molar-refractivity contribution in [2.45, 2.75) is 38.8 Å². The van der Waals surface area contributed by atoms with Gasteiger partial charge in [-0.2, -0.15) is 5.10 Å². The molecule has 0 aliphatic rings. The highest BCUT2D eigenvalue weighted by molar-refractivity contribution is 5.83. The van der Waals surface area contributed by atoms with Crippen LogP contribution in [0, 0.1) is 11.6 Å². The molecule has 166 valence electrons. The van der Waals surface area contributed by atoms with E-state index in [1.165, 1.54) is 29.2 Å². The van der Waals surface area contributed by atoms with Crippen LogP contribution < -0.4 is 0 Å². The molecule has 2 aromatic heterocycles. The average Bonchev–Trinajstić information content (AvgIpc) is 3.34. The minimum Gasteiger partial charge on any atom is -0.465 e. The lowest BCUT2D eigenvalue weighted by Crippen LogP contribution is -2.48. The predicted molar refractivity (Wildman–Crippen MR) is 116 cm³/mol. The van der Waals surface area contributed by atoms with Crippen molar-refractivity contribution in [2.24, 2.45) is 0 Å². The smallest absolute Gasteiger partial charge is 0.408 e. The number of fused-ring (bicyclic) bond motifs is 1. The zero-order chi connectivity index (χ0) is 23.0. The Morgan fingerprint density at radius 2 is 1.81 bits per heavy atom. The summed E-state index contributed by atoms with van der Waals surface area (Å²) in [6, 6.07) is 9.43. The van der Waals surface area contributed by atoms with Crippen LogP contribution in [0.5, 0.6) is 0 Å². The van der Waals surface area contributed by atoms with Gasteiger partial charge in [0, 0.05) is 34.6 Å². The largest absolute Gasteiger partial charge is 0.465 e. The molecule has 9 heteroatoms. The molecule has 3 N–H and O–H groups in total. The highest BCUT2D eigenvalue weighted by Gasteiger charge is 2.36. The summed E-state index contributed by atoms with van der Waals surface area (Å²) >= 11 is 0. The summed E-state index contributed by atoms with van der Waals surface area (Å²) in [4.78, 5) is 21.2. The molecule has 4 rings (SSSR count). The van der Waals surface area contributed by atoms with Gasteiger partial charge in [-0.15, -0.1) is 0 Å². The first-order valence-corrected chi connectivity index (χ1v) is 10.1. The van der Waals surface area contributed by atoms with E-state index in [0.717, 1.165) is 11.1 Å². The molecule has 1 atom stereocenters. The Bertz CT molecular complexity index is 1260. The number of benzene rings is 2. The second-order valence-electron chi connectivity index (χ2n) is 8.60. The Labute approximate surface area is 183 Å². The maximum absolute atomic E-state index is 13.9. The first kappa shape index (κ1) is 21.5. The number of nitrogens with one attached hydrogen (secondary N) is 2. The lowest BCUT2D eigenvalue weighted by molar-refractivity contribution is 0.0670. The van der Waals surface area contributed by atoms with Gasteiger partial charge in [0.1, 0.15) is 17.5 Å². The summed E-state index contributed by atoms with van der Waals surface area (Å²) in [7, 11) is 0. The summed E-state index contributed by atoms with van der Waals surface area (Å²) in [5.74, 6) is -0.0839. The molecule has 4 aromatic rings. The van der Waals surface area contributed by atoms with Gasteiger partial charge in [-0.3, -0.25) is 10.00 Å². The van der Waals surface area contributed by atoms with Crippen LogP contribution in [-0.4, -0.2) is 41.8 Å². The standard InChI is InChI=1S/C23H23F2N5O2/c1-23(2,3)30(22(31)32)19(10-14-12-26-18-9-8-16(25)11-17(14)18)21-27-20(28-29-21)13-4-6-15(24)7-5-13/h4-9,11-12,19,26H,10H2,1-3H3,(H,31,32)(H,27,28,29). The van der Waals surface area contributed by atoms with Crippen molar-refractivity contribution < 1.29 is 18.7 Å². The second-order valence-corrected chi connectivity index (χ2v) is 8.60. The molecule has 0 fully saturated rings. The van der Waals surface area contributed by atoms with Crippen LogP contribution >= 0.6 is 0 Å². The number of hydrogen-bond acceptors (Lipinski definition) is 3. The number of aromatic amines is 2. The highest BCUT2D eigenvalue weighted by atomic mass is 19.1. The van der Waals surface area contributed by atoms with Crippen molar-refractivity contribution in [2.75, 3.05) is 0 Å². The molecule has 1 amide bonds. The number of aromatic nitrogens is 4. The molecule has 1 unspecified atom stereocenters. The molecule has 7 nitrogen and oxygen atoms in total. The number of carboxylic acid groups (broad SMARTS) is 1. The van der Waals surface area contributed by atoms with Crippen molar-refractivity contribution in [3.63, 3.8) is 0 Å². The van der Waals surface area contributed by atoms with Crippen LogP contribution in [0.4, 0.5) is 13.6 Å². The normalized spacial score (nSPS) is 12.8. The summed E-state index contributed by atoms with van der Waals surface area (Å²) in [5, 5.41) is 17.8. The molecule has 0 aliphatic carbocycles. The van der Waals surface area contributed by atoms with Gasteiger partial charge >= 0.3 is 6.09 Å². The fourth-order valence-electron chi connectivity index (χ4n) is 3.88. The Morgan fingerprint density at radius 3 is 2.47 bits per heavy atom. The summed E-state index contributed by atoms with van der Waals surface area (Å²) < 4.78 is 27.2. The number of H-pyrrole nitrogens is 2. The summed E-state index contributed by atoms with van der Waals surface area (Å²) in [5.41, 5.74) is 1.35. The molecule has 0 radical (unpaired) electrons. The van der Waals surface area contributed by atoms with E-state index in [0.29, 0.717) is 22.6 Å². The maximum atomic E-state index is 13.9. The molecule has 0 saturated carbocycles. The SMILES string of the molecule is CC(C)(C)N(C(=O)O)C(Cc1c[nH]c2ccc(F)cc12)c1nc(-c2ccc(F)cc2)n[nH]1. The number of amides is 1. The number of carbonyl (C=O) groups is 1. The minimum atomic E-state index is -1.12. The monoisotopic (exact) mass is 439 g/mol. The van der Waals surface area contributed by atoms with Crippen molar-refractivity contribution in [1.82, 2.24) is 25.1 Å². The fourth-order valence-corrected chi connectivity index (χ4v) is 3.88. The Balaban J connectivity index is 1.78. The number of rotatable bonds is 5. The van der Waals surface area contributed by atoms with Crippen LogP contribution in [0.3, 0.4) is 0 Å². The highest BCUT2D eigenvalue weighted by Crippen LogP contribution is 2.33. The third-order valence-electron chi connectivity index (χ3n) is 5.30. The zero-order valence-corrected chi connectivity index (χ0v) is 17.9. The van der Waals surface area contributed by atoms with Gasteiger partial charge in [-0.25, -0.2) is 18.6 Å². The lowest BCUT2D eigenvalue weighted by atomic mass is 9.97. The Kier molecular flexibility index (Phi) is 5.41. The van der Waals surface area contributed by atoms with Crippen LogP contribution in [-0.2, 0) is 6.42 Å². The fraction of sp³-hybridized carbons (Fsp3) is 0.261. The molecule has 0 aliphatic heterocycles. The maximum Gasteiger partial charge on any atom is 0.408 e. The second kappa shape index (κ2) is 8.07. The molecule has 2 aromatic carbocycles. The first-order chi connectivity index (χ1) is 15.1. The van der Waals surface area contributed by atoms with Crippen LogP contribution in [0.1, 0.15) is 38.2 Å². The topological polar surface area (TPSA) is 97.9 Å². The predicted octanol–water partition coefficient (Wildman–Crippen LogP) is 5.29. The van der Waals surface area contributed by atoms with E-state index in [-0.39, 0.29) is 18.1 Å². The van der Waals surface area contributed by atoms with Crippen molar-refractivity contribution in [3.05, 3.63) is 71.7 Å². The van der Waals surface area contributed by atoms with Gasteiger partial charge in [-0.1, -0.05) is 0 Å². The van der Waals surface area contributed by atoms with Crippen molar-refractivity contribution >= 4 is 17.0 Å². The van der Waals surface area contributed by atoms with E-state index in [2.05, 4.69) is 20.2 Å². The number of halogens is 2. The van der Waals surface area contributed by atoms with E-state index in [1.54, 1.807) is 45.2 Å². The average molecular weight is 439 g/mol. The Morgan fingerprint density at radius 1 is 1.12 bits per heavy atom. The van der Waals surface area contributed by atoms with Gasteiger partial charge in [0.25, 0.3) is 0 Å². The van der Waals surface area contributed by atoms with Gasteiger partial charge in [-0.05, 0) is 68.8 Å². The van der Waals surface area contributed by atoms with Gasteiger partial charge in [0.2, 0.25) is 0 Å². The Hall–Kier alpha value is -3.75. The van der Waals surface area contributed by atoms with Crippen LogP contribution in [0.25, 0.3) is 22.3 Å². The van der Waals surface area contributed by atoms with E-state index >= 15 is 0 Å². The number of hydrogen-bond donors (Lipinski definition) is 3. The zero-order valence-electron chi connectivity index (χ0n) is 17.9. The summed E-state index contributed by atoms with van der Waals surface area (Å²) in [6.07, 6.45) is 0.871. The third-order valence-corrected chi connectivity index (χ3v) is 5.30. The van der Waals surface area contributed by atoms with E-state index in [9.17, 15) is 18.7 Å². The molecular weight excluding hydrogens is 416 g/mol. The molecule has 32 heavy (non-hydrogen) atoms. The molecular formula is C23H23F2N5O2. The minimum absolute atomic E-state index is 0.241. The van der Waals surface area contributed by atoms with Gasteiger partial charge in [0.15, 0.2) is 5.82 Å². The van der Waals surface area contributed by atoms with E-state index < -0.39 is 17.7 Å². The lowest BCUT2D eigenvalue weighted by Gasteiger charge is -2.38. The molecule has 0 bridgehead atoms. The molecule has 2 heterocycles. The molecule has 0 spiro atoms.